The first-order valence-electron chi connectivity index (χ1n) is 9.49. The van der Waals surface area contributed by atoms with Crippen molar-refractivity contribution >= 4 is 45.6 Å². The molecule has 3 aromatic carbocycles. The maximum atomic E-state index is 13.3. The van der Waals surface area contributed by atoms with Gasteiger partial charge in [0.05, 0.1) is 17.4 Å². The van der Waals surface area contributed by atoms with Gasteiger partial charge in [-0.05, 0) is 70.1 Å². The molecule has 5 rings (SSSR count). The van der Waals surface area contributed by atoms with Crippen LogP contribution in [0.3, 0.4) is 0 Å². The average molecular weight is 508 g/mol. The van der Waals surface area contributed by atoms with Crippen molar-refractivity contribution in [3.05, 3.63) is 97.6 Å². The van der Waals surface area contributed by atoms with Crippen molar-refractivity contribution in [1.82, 2.24) is 9.55 Å². The van der Waals surface area contributed by atoms with E-state index in [0.717, 1.165) is 26.2 Å². The van der Waals surface area contributed by atoms with E-state index in [1.807, 2.05) is 78.9 Å². The summed E-state index contributed by atoms with van der Waals surface area (Å²) in [6, 6.07) is 21.4. The summed E-state index contributed by atoms with van der Waals surface area (Å²) in [4.78, 5) is 18.1. The molecule has 0 bridgehead atoms. The van der Waals surface area contributed by atoms with Crippen molar-refractivity contribution in [2.24, 2.45) is 0 Å². The Morgan fingerprint density at radius 3 is 2.67 bits per heavy atom. The van der Waals surface area contributed by atoms with Crippen LogP contribution in [0.2, 0.25) is 0 Å². The highest BCUT2D eigenvalue weighted by Crippen LogP contribution is 2.33. The van der Waals surface area contributed by atoms with Crippen molar-refractivity contribution in [3.8, 4) is 11.5 Å². The van der Waals surface area contributed by atoms with Crippen LogP contribution >= 0.6 is 22.6 Å². The Morgan fingerprint density at radius 1 is 0.967 bits per heavy atom. The predicted octanol–water partition coefficient (Wildman–Crippen LogP) is 4.95. The molecule has 0 atom stereocenters. The van der Waals surface area contributed by atoms with Gasteiger partial charge in [0.2, 0.25) is 6.79 Å². The summed E-state index contributed by atoms with van der Waals surface area (Å²) in [5.74, 6) is 2.07. The number of ether oxygens (including phenoxy) is 2. The van der Waals surface area contributed by atoms with Gasteiger partial charge in [0, 0.05) is 3.57 Å². The maximum absolute atomic E-state index is 13.3. The van der Waals surface area contributed by atoms with Crippen LogP contribution in [0, 0.1) is 3.57 Å². The molecule has 0 radical (unpaired) electrons. The normalized spacial score (nSPS) is 12.7. The standard InChI is InChI=1S/C24H17IN2O3/c25-18-8-9-20-19(13-18)24(28)27(14-17-4-2-1-3-5-17)23(26-20)11-7-16-6-10-21-22(12-16)30-15-29-21/h1-13H,14-15H2. The molecule has 1 aliphatic heterocycles. The summed E-state index contributed by atoms with van der Waals surface area (Å²) in [6.07, 6.45) is 3.81. The minimum absolute atomic E-state index is 0.0484. The van der Waals surface area contributed by atoms with Crippen LogP contribution in [-0.2, 0) is 6.54 Å². The van der Waals surface area contributed by atoms with Crippen molar-refractivity contribution in [2.45, 2.75) is 6.54 Å². The van der Waals surface area contributed by atoms with E-state index >= 15 is 0 Å². The van der Waals surface area contributed by atoms with Crippen LogP contribution in [0.15, 0.2) is 71.5 Å². The van der Waals surface area contributed by atoms with Gasteiger partial charge in [-0.15, -0.1) is 0 Å². The van der Waals surface area contributed by atoms with Gasteiger partial charge in [-0.2, -0.15) is 0 Å². The Balaban J connectivity index is 1.61. The predicted molar refractivity (Wildman–Crippen MR) is 126 cm³/mol. The smallest absolute Gasteiger partial charge is 0.261 e. The number of aromatic nitrogens is 2. The number of hydrogen-bond acceptors (Lipinski definition) is 4. The molecule has 0 saturated carbocycles. The molecule has 148 valence electrons. The lowest BCUT2D eigenvalue weighted by Crippen LogP contribution is -2.24. The lowest BCUT2D eigenvalue weighted by atomic mass is 10.1. The Bertz CT molecular complexity index is 1330. The molecule has 0 saturated heterocycles. The molecule has 0 fully saturated rings. The molecule has 0 unspecified atom stereocenters. The molecular formula is C24H17IN2O3. The Labute approximate surface area is 186 Å². The third-order valence-electron chi connectivity index (χ3n) is 4.95. The van der Waals surface area contributed by atoms with Crippen molar-refractivity contribution in [3.63, 3.8) is 0 Å². The molecule has 4 aromatic rings. The molecule has 0 spiro atoms. The molecule has 30 heavy (non-hydrogen) atoms. The third kappa shape index (κ3) is 3.70. The zero-order valence-corrected chi connectivity index (χ0v) is 18.1. The molecular weight excluding hydrogens is 491 g/mol. The SMILES string of the molecule is O=c1c2cc(I)ccc2nc(C=Cc2ccc3c(c2)OCO3)n1Cc1ccccc1. The van der Waals surface area contributed by atoms with Crippen LogP contribution in [0.5, 0.6) is 11.5 Å². The van der Waals surface area contributed by atoms with Crippen LogP contribution < -0.4 is 15.0 Å². The Morgan fingerprint density at radius 2 is 1.80 bits per heavy atom. The number of fused-ring (bicyclic) bond motifs is 2. The topological polar surface area (TPSA) is 53.4 Å². The van der Waals surface area contributed by atoms with Gasteiger partial charge in [0.15, 0.2) is 11.5 Å². The molecule has 5 nitrogen and oxygen atoms in total. The fourth-order valence-electron chi connectivity index (χ4n) is 3.44. The average Bonchev–Trinajstić information content (AvgIpc) is 3.24. The largest absolute Gasteiger partial charge is 0.454 e. The van der Waals surface area contributed by atoms with E-state index in [1.54, 1.807) is 4.57 Å². The zero-order valence-electron chi connectivity index (χ0n) is 15.9. The highest BCUT2D eigenvalue weighted by molar-refractivity contribution is 14.1. The molecule has 2 heterocycles. The fourth-order valence-corrected chi connectivity index (χ4v) is 3.94. The van der Waals surface area contributed by atoms with Gasteiger partial charge in [0.1, 0.15) is 5.82 Å². The minimum Gasteiger partial charge on any atom is -0.454 e. The first-order chi connectivity index (χ1) is 14.7. The van der Waals surface area contributed by atoms with E-state index in [1.165, 1.54) is 0 Å². The zero-order chi connectivity index (χ0) is 20.5. The summed E-state index contributed by atoms with van der Waals surface area (Å²) in [5, 5.41) is 0.623. The van der Waals surface area contributed by atoms with E-state index < -0.39 is 0 Å². The van der Waals surface area contributed by atoms with Gasteiger partial charge in [0.25, 0.3) is 5.56 Å². The first-order valence-corrected chi connectivity index (χ1v) is 10.6. The highest BCUT2D eigenvalue weighted by atomic mass is 127. The van der Waals surface area contributed by atoms with Gasteiger partial charge in [-0.25, -0.2) is 4.98 Å². The number of nitrogens with zero attached hydrogens (tertiary/aromatic N) is 2. The lowest BCUT2D eigenvalue weighted by molar-refractivity contribution is 0.174. The Kier molecular flexibility index (Phi) is 5.00. The second-order valence-corrected chi connectivity index (χ2v) is 8.20. The fraction of sp³-hybridized carbons (Fsp3) is 0.0833. The van der Waals surface area contributed by atoms with Crippen molar-refractivity contribution < 1.29 is 9.47 Å². The summed E-state index contributed by atoms with van der Waals surface area (Å²) in [6.45, 7) is 0.693. The van der Waals surface area contributed by atoms with E-state index in [9.17, 15) is 4.79 Å². The lowest BCUT2D eigenvalue weighted by Gasteiger charge is -2.12. The quantitative estimate of drug-likeness (QED) is 0.367. The van der Waals surface area contributed by atoms with E-state index in [0.29, 0.717) is 23.3 Å². The number of hydrogen-bond donors (Lipinski definition) is 0. The number of rotatable bonds is 4. The molecule has 6 heteroatoms. The minimum atomic E-state index is -0.0484. The summed E-state index contributed by atoms with van der Waals surface area (Å²) in [5.41, 5.74) is 2.63. The second kappa shape index (κ2) is 7.95. The second-order valence-electron chi connectivity index (χ2n) is 6.95. The van der Waals surface area contributed by atoms with Gasteiger partial charge in [-0.1, -0.05) is 42.5 Å². The van der Waals surface area contributed by atoms with Gasteiger partial charge in [-0.3, -0.25) is 9.36 Å². The molecule has 0 aliphatic carbocycles. The van der Waals surface area contributed by atoms with E-state index in [-0.39, 0.29) is 12.4 Å². The van der Waals surface area contributed by atoms with Crippen LogP contribution in [-0.4, -0.2) is 16.3 Å². The third-order valence-corrected chi connectivity index (χ3v) is 5.62. The summed E-state index contributed by atoms with van der Waals surface area (Å²) < 4.78 is 13.6. The van der Waals surface area contributed by atoms with Crippen LogP contribution in [0.4, 0.5) is 0 Å². The van der Waals surface area contributed by atoms with Crippen molar-refractivity contribution in [1.29, 1.82) is 0 Å². The number of halogens is 1. The van der Waals surface area contributed by atoms with Gasteiger partial charge >= 0.3 is 0 Å². The maximum Gasteiger partial charge on any atom is 0.261 e. The Hall–Kier alpha value is -3.13. The summed E-state index contributed by atoms with van der Waals surface area (Å²) in [7, 11) is 0. The molecule has 1 aliphatic rings. The highest BCUT2D eigenvalue weighted by Gasteiger charge is 2.13. The van der Waals surface area contributed by atoms with E-state index in [2.05, 4.69) is 22.6 Å². The number of benzene rings is 3. The monoisotopic (exact) mass is 508 g/mol. The van der Waals surface area contributed by atoms with Gasteiger partial charge < -0.3 is 9.47 Å². The van der Waals surface area contributed by atoms with Crippen LogP contribution in [0.25, 0.3) is 23.1 Å². The molecule has 1 aromatic heterocycles. The molecule has 0 amide bonds. The van der Waals surface area contributed by atoms with Crippen molar-refractivity contribution in [2.75, 3.05) is 6.79 Å². The first kappa shape index (κ1) is 18.9. The summed E-state index contributed by atoms with van der Waals surface area (Å²) >= 11 is 2.22. The van der Waals surface area contributed by atoms with Crippen LogP contribution in [0.1, 0.15) is 17.0 Å². The molecule has 0 N–H and O–H groups in total. The van der Waals surface area contributed by atoms with E-state index in [4.69, 9.17) is 14.5 Å².